The Labute approximate surface area is 158 Å². The number of aryl methyl sites for hydroxylation is 1. The van der Waals surface area contributed by atoms with Gasteiger partial charge in [0.25, 0.3) is 0 Å². The highest BCUT2D eigenvalue weighted by Gasteiger charge is 2.22. The topological polar surface area (TPSA) is 50.9 Å². The van der Waals surface area contributed by atoms with Crippen LogP contribution in [0.5, 0.6) is 0 Å². The zero-order valence-corrected chi connectivity index (χ0v) is 16.1. The van der Waals surface area contributed by atoms with Crippen LogP contribution in [-0.4, -0.2) is 33.9 Å². The van der Waals surface area contributed by atoms with Gasteiger partial charge in [-0.3, -0.25) is 5.43 Å². The minimum atomic E-state index is 0.345. The lowest BCUT2D eigenvalue weighted by atomic mass is 10.1. The zero-order chi connectivity index (χ0) is 17.9. The van der Waals surface area contributed by atoms with Crippen molar-refractivity contribution in [1.29, 1.82) is 0 Å². The fourth-order valence-corrected chi connectivity index (χ4v) is 4.27. The largest absolute Gasteiger partial charge is 0.376 e. The number of hydrogen-bond acceptors (Lipinski definition) is 4. The molecule has 3 heterocycles. The molecule has 0 aliphatic carbocycles. The summed E-state index contributed by atoms with van der Waals surface area (Å²) in [5.74, 6) is 0.822. The van der Waals surface area contributed by atoms with Crippen LogP contribution in [0, 0.1) is 13.8 Å². The molecule has 1 aromatic carbocycles. The SMILES string of the molecule is Cc1cc(C2=NNC(=Nc3ccccc3)SC2)c(C)n1C[C@H]1CCCO1. The number of hydrazone groups is 1. The summed E-state index contributed by atoms with van der Waals surface area (Å²) < 4.78 is 8.18. The maximum Gasteiger partial charge on any atom is 0.182 e. The van der Waals surface area contributed by atoms with Crippen molar-refractivity contribution in [3.8, 4) is 0 Å². The van der Waals surface area contributed by atoms with Gasteiger partial charge in [0.1, 0.15) is 0 Å². The quantitative estimate of drug-likeness (QED) is 0.887. The Morgan fingerprint density at radius 2 is 2.15 bits per heavy atom. The van der Waals surface area contributed by atoms with Crippen LogP contribution in [-0.2, 0) is 11.3 Å². The monoisotopic (exact) mass is 368 g/mol. The molecule has 136 valence electrons. The molecule has 1 N–H and O–H groups in total. The first-order valence-corrected chi connectivity index (χ1v) is 10.1. The van der Waals surface area contributed by atoms with Gasteiger partial charge in [0.15, 0.2) is 5.17 Å². The number of benzene rings is 1. The van der Waals surface area contributed by atoms with Crippen molar-refractivity contribution in [2.75, 3.05) is 12.4 Å². The van der Waals surface area contributed by atoms with Gasteiger partial charge in [0, 0.05) is 35.9 Å². The average Bonchev–Trinajstić information content (AvgIpc) is 3.27. The van der Waals surface area contributed by atoms with Crippen LogP contribution in [0.1, 0.15) is 29.8 Å². The van der Waals surface area contributed by atoms with E-state index in [0.717, 1.165) is 41.9 Å². The molecule has 0 bridgehead atoms. The summed E-state index contributed by atoms with van der Waals surface area (Å²) in [7, 11) is 0. The van der Waals surface area contributed by atoms with E-state index in [9.17, 15) is 0 Å². The lowest BCUT2D eigenvalue weighted by Crippen LogP contribution is -2.25. The molecule has 0 unspecified atom stereocenters. The second kappa shape index (κ2) is 7.68. The standard InChI is InChI=1S/C20H24N4OS/c1-14-11-18(15(2)24(14)12-17-9-6-10-25-17)19-13-26-20(23-22-19)21-16-7-4-3-5-8-16/h3-5,7-8,11,17H,6,9-10,12-13H2,1-2H3,(H,21,23)/t17-/m1/s1. The number of para-hydroxylation sites is 1. The maximum atomic E-state index is 5.81. The molecule has 1 saturated heterocycles. The van der Waals surface area contributed by atoms with E-state index >= 15 is 0 Å². The number of nitrogens with zero attached hydrogens (tertiary/aromatic N) is 3. The molecule has 0 radical (unpaired) electrons. The lowest BCUT2D eigenvalue weighted by molar-refractivity contribution is 0.0962. The molecule has 0 amide bonds. The Balaban J connectivity index is 1.51. The number of aliphatic imine (C=N–C) groups is 1. The highest BCUT2D eigenvalue weighted by atomic mass is 32.2. The summed E-state index contributed by atoms with van der Waals surface area (Å²) in [5, 5.41) is 5.44. The van der Waals surface area contributed by atoms with E-state index in [1.54, 1.807) is 11.8 Å². The van der Waals surface area contributed by atoms with Crippen molar-refractivity contribution in [3.63, 3.8) is 0 Å². The molecular weight excluding hydrogens is 344 g/mol. The van der Waals surface area contributed by atoms with Crippen molar-refractivity contribution < 1.29 is 4.74 Å². The predicted molar refractivity (Wildman–Crippen MR) is 109 cm³/mol. The smallest absolute Gasteiger partial charge is 0.182 e. The third-order valence-electron chi connectivity index (χ3n) is 4.91. The van der Waals surface area contributed by atoms with Gasteiger partial charge in [-0.1, -0.05) is 30.0 Å². The normalized spacial score (nSPS) is 21.7. The Morgan fingerprint density at radius 3 is 2.85 bits per heavy atom. The second-order valence-electron chi connectivity index (χ2n) is 6.74. The molecule has 5 nitrogen and oxygen atoms in total. The number of thioether (sulfide) groups is 1. The van der Waals surface area contributed by atoms with Gasteiger partial charge in [0.2, 0.25) is 0 Å². The summed E-state index contributed by atoms with van der Waals surface area (Å²) in [6.07, 6.45) is 2.68. The van der Waals surface area contributed by atoms with Crippen molar-refractivity contribution in [2.24, 2.45) is 10.1 Å². The predicted octanol–water partition coefficient (Wildman–Crippen LogP) is 4.01. The summed E-state index contributed by atoms with van der Waals surface area (Å²) >= 11 is 1.69. The Hall–Kier alpha value is -2.05. The highest BCUT2D eigenvalue weighted by Crippen LogP contribution is 2.24. The molecule has 2 aromatic rings. The van der Waals surface area contributed by atoms with Crippen molar-refractivity contribution in [1.82, 2.24) is 9.99 Å². The van der Waals surface area contributed by atoms with E-state index < -0.39 is 0 Å². The molecule has 1 aromatic heterocycles. The first-order chi connectivity index (χ1) is 12.7. The van der Waals surface area contributed by atoms with E-state index in [2.05, 4.69) is 40.0 Å². The van der Waals surface area contributed by atoms with Crippen LogP contribution in [0.25, 0.3) is 0 Å². The number of amidine groups is 1. The van der Waals surface area contributed by atoms with Crippen molar-refractivity contribution in [2.45, 2.75) is 39.3 Å². The third kappa shape index (κ3) is 3.71. The van der Waals surface area contributed by atoms with Crippen LogP contribution in [0.3, 0.4) is 0 Å². The van der Waals surface area contributed by atoms with Crippen LogP contribution < -0.4 is 5.43 Å². The van der Waals surface area contributed by atoms with Crippen LogP contribution in [0.2, 0.25) is 0 Å². The minimum Gasteiger partial charge on any atom is -0.376 e. The lowest BCUT2D eigenvalue weighted by Gasteiger charge is -2.17. The van der Waals surface area contributed by atoms with Gasteiger partial charge in [-0.05, 0) is 44.9 Å². The van der Waals surface area contributed by atoms with Gasteiger partial charge in [-0.25, -0.2) is 4.99 Å². The molecule has 2 aliphatic rings. The van der Waals surface area contributed by atoms with E-state index in [-0.39, 0.29) is 0 Å². The van der Waals surface area contributed by atoms with Crippen LogP contribution in [0.4, 0.5) is 5.69 Å². The molecule has 6 heteroatoms. The number of ether oxygens (including phenoxy) is 1. The first kappa shape index (κ1) is 17.4. The molecule has 4 rings (SSSR count). The molecule has 26 heavy (non-hydrogen) atoms. The van der Waals surface area contributed by atoms with Gasteiger partial charge >= 0.3 is 0 Å². The third-order valence-corrected chi connectivity index (χ3v) is 5.79. The summed E-state index contributed by atoms with van der Waals surface area (Å²) in [4.78, 5) is 4.60. The van der Waals surface area contributed by atoms with E-state index in [4.69, 9.17) is 4.74 Å². The van der Waals surface area contributed by atoms with Crippen LogP contribution in [0.15, 0.2) is 46.5 Å². The summed E-state index contributed by atoms with van der Waals surface area (Å²) in [6, 6.07) is 12.2. The number of nitrogens with one attached hydrogen (secondary N) is 1. The van der Waals surface area contributed by atoms with Gasteiger partial charge in [-0.15, -0.1) is 0 Å². The maximum absolute atomic E-state index is 5.81. The van der Waals surface area contributed by atoms with Gasteiger partial charge in [-0.2, -0.15) is 5.10 Å². The molecule has 0 saturated carbocycles. The summed E-state index contributed by atoms with van der Waals surface area (Å²) in [6.45, 7) is 6.18. The molecular formula is C20H24N4OS. The molecule has 0 spiro atoms. The molecule has 2 aliphatic heterocycles. The number of aromatic nitrogens is 1. The minimum absolute atomic E-state index is 0.345. The number of rotatable bonds is 4. The fraction of sp³-hybridized carbons (Fsp3) is 0.400. The Morgan fingerprint density at radius 1 is 1.31 bits per heavy atom. The molecule has 1 fully saturated rings. The van der Waals surface area contributed by atoms with Crippen LogP contribution >= 0.6 is 11.8 Å². The zero-order valence-electron chi connectivity index (χ0n) is 15.2. The van der Waals surface area contributed by atoms with Gasteiger partial charge < -0.3 is 9.30 Å². The fourth-order valence-electron chi connectivity index (χ4n) is 3.50. The van der Waals surface area contributed by atoms with Gasteiger partial charge in [0.05, 0.1) is 17.5 Å². The Bertz CT molecular complexity index is 835. The second-order valence-corrected chi connectivity index (χ2v) is 7.71. The number of hydrogen-bond donors (Lipinski definition) is 1. The van der Waals surface area contributed by atoms with E-state index in [0.29, 0.717) is 6.10 Å². The Kier molecular flexibility index (Phi) is 5.13. The molecule has 1 atom stereocenters. The first-order valence-electron chi connectivity index (χ1n) is 9.08. The average molecular weight is 369 g/mol. The van der Waals surface area contributed by atoms with E-state index in [1.165, 1.54) is 23.4 Å². The summed E-state index contributed by atoms with van der Waals surface area (Å²) in [5.41, 5.74) is 8.89. The van der Waals surface area contributed by atoms with Crippen molar-refractivity contribution in [3.05, 3.63) is 53.3 Å². The highest BCUT2D eigenvalue weighted by molar-refractivity contribution is 8.14. The van der Waals surface area contributed by atoms with E-state index in [1.807, 2.05) is 30.3 Å². The van der Waals surface area contributed by atoms with Crippen molar-refractivity contribution >= 4 is 28.3 Å².